The van der Waals surface area contributed by atoms with Gasteiger partial charge in [0.1, 0.15) is 15.4 Å². The van der Waals surface area contributed by atoms with Gasteiger partial charge < -0.3 is 15.4 Å². The maximum absolute atomic E-state index is 12.9. The van der Waals surface area contributed by atoms with E-state index in [1.54, 1.807) is 20.8 Å². The van der Waals surface area contributed by atoms with Crippen LogP contribution >= 0.6 is 0 Å². The van der Waals surface area contributed by atoms with Crippen LogP contribution in [0.1, 0.15) is 92.9 Å². The molecule has 0 unspecified atom stereocenters. The second kappa shape index (κ2) is 10.3. The van der Waals surface area contributed by atoms with E-state index in [1.165, 1.54) is 0 Å². The quantitative estimate of drug-likeness (QED) is 0.578. The Morgan fingerprint density at radius 3 is 2.06 bits per heavy atom. The van der Waals surface area contributed by atoms with E-state index in [0.717, 1.165) is 32.1 Å². The van der Waals surface area contributed by atoms with Crippen molar-refractivity contribution in [2.45, 2.75) is 105 Å². The molecule has 2 N–H and O–H groups in total. The highest BCUT2D eigenvalue weighted by atomic mass is 32.2. The summed E-state index contributed by atoms with van der Waals surface area (Å²) in [6, 6.07) is 0.176. The lowest BCUT2D eigenvalue weighted by molar-refractivity contribution is -0.124. The Hall–Kier alpha value is -1.31. The first-order valence-corrected chi connectivity index (χ1v) is 13.9. The van der Waals surface area contributed by atoms with E-state index in [1.807, 2.05) is 0 Å². The average molecular weight is 473 g/mol. The number of rotatable bonds is 7. The van der Waals surface area contributed by atoms with Crippen molar-refractivity contribution in [3.63, 3.8) is 0 Å². The number of sulfone groups is 1. The molecule has 2 amide bonds. The van der Waals surface area contributed by atoms with Gasteiger partial charge in [0.2, 0.25) is 5.91 Å². The second-order valence-corrected chi connectivity index (χ2v) is 13.9. The van der Waals surface area contributed by atoms with Crippen molar-refractivity contribution in [1.82, 2.24) is 10.6 Å². The topological polar surface area (TPSA) is 102 Å². The number of alkyl carbamates (subject to hydrolysis) is 1. The van der Waals surface area contributed by atoms with Gasteiger partial charge >= 0.3 is 6.09 Å². The molecular formula is C24H44N2O5S. The van der Waals surface area contributed by atoms with E-state index in [0.29, 0.717) is 24.2 Å². The molecule has 0 bridgehead atoms. The SMILES string of the molecule is CCC(C)(C)C1CCC(NC(=O)CC2(CNC(=O)OC(C)(C)C)CCS(=O)(=O)CC2)CC1. The van der Waals surface area contributed by atoms with Gasteiger partial charge in [-0.25, -0.2) is 13.2 Å². The van der Waals surface area contributed by atoms with Crippen LogP contribution in [0.5, 0.6) is 0 Å². The second-order valence-electron chi connectivity index (χ2n) is 11.6. The minimum atomic E-state index is -3.08. The summed E-state index contributed by atoms with van der Waals surface area (Å²) in [5, 5.41) is 5.97. The molecule has 1 aliphatic heterocycles. The minimum Gasteiger partial charge on any atom is -0.444 e. The Morgan fingerprint density at radius 2 is 1.56 bits per heavy atom. The summed E-state index contributed by atoms with van der Waals surface area (Å²) in [5.74, 6) is 0.739. The Balaban J connectivity index is 1.94. The Morgan fingerprint density at radius 1 is 1.00 bits per heavy atom. The van der Waals surface area contributed by atoms with Gasteiger partial charge in [0, 0.05) is 19.0 Å². The number of hydrogen-bond donors (Lipinski definition) is 2. The number of carbonyl (C=O) groups excluding carboxylic acids is 2. The molecule has 1 aliphatic carbocycles. The van der Waals surface area contributed by atoms with Gasteiger partial charge in [-0.15, -0.1) is 0 Å². The van der Waals surface area contributed by atoms with Gasteiger partial charge in [-0.3, -0.25) is 4.79 Å². The lowest BCUT2D eigenvalue weighted by Crippen LogP contribution is -2.48. The molecule has 7 nitrogen and oxygen atoms in total. The predicted molar refractivity (Wildman–Crippen MR) is 127 cm³/mol. The van der Waals surface area contributed by atoms with E-state index in [9.17, 15) is 18.0 Å². The van der Waals surface area contributed by atoms with Crippen molar-refractivity contribution in [2.75, 3.05) is 18.1 Å². The van der Waals surface area contributed by atoms with Crippen molar-refractivity contribution in [3.05, 3.63) is 0 Å². The van der Waals surface area contributed by atoms with Crippen LogP contribution in [0.3, 0.4) is 0 Å². The highest BCUT2D eigenvalue weighted by molar-refractivity contribution is 7.91. The molecule has 1 saturated heterocycles. The molecule has 0 aromatic heterocycles. The van der Waals surface area contributed by atoms with Crippen LogP contribution in [0.25, 0.3) is 0 Å². The molecule has 2 rings (SSSR count). The summed E-state index contributed by atoms with van der Waals surface area (Å²) < 4.78 is 29.3. The molecule has 186 valence electrons. The molecule has 0 atom stereocenters. The largest absolute Gasteiger partial charge is 0.444 e. The molecule has 0 aromatic carbocycles. The maximum atomic E-state index is 12.9. The number of ether oxygens (including phenoxy) is 1. The monoisotopic (exact) mass is 472 g/mol. The summed E-state index contributed by atoms with van der Waals surface area (Å²) in [6.07, 6.45) is 5.79. The molecule has 0 spiro atoms. The van der Waals surface area contributed by atoms with Crippen LogP contribution in [0.15, 0.2) is 0 Å². The smallest absolute Gasteiger partial charge is 0.407 e. The zero-order chi connectivity index (χ0) is 24.2. The van der Waals surface area contributed by atoms with Gasteiger partial charge in [-0.2, -0.15) is 0 Å². The average Bonchev–Trinajstić information content (AvgIpc) is 2.68. The van der Waals surface area contributed by atoms with E-state index in [4.69, 9.17) is 4.74 Å². The lowest BCUT2D eigenvalue weighted by Gasteiger charge is -2.40. The molecule has 1 heterocycles. The summed E-state index contributed by atoms with van der Waals surface area (Å²) in [5.41, 5.74) is -0.844. The molecule has 0 radical (unpaired) electrons. The van der Waals surface area contributed by atoms with Crippen LogP contribution < -0.4 is 10.6 Å². The molecular weight excluding hydrogens is 428 g/mol. The van der Waals surface area contributed by atoms with E-state index < -0.39 is 26.9 Å². The highest BCUT2D eigenvalue weighted by Crippen LogP contribution is 2.41. The van der Waals surface area contributed by atoms with Gasteiger partial charge in [0.05, 0.1) is 11.5 Å². The van der Waals surface area contributed by atoms with Crippen molar-refractivity contribution >= 4 is 21.8 Å². The Bertz CT molecular complexity index is 748. The molecule has 0 aromatic rings. The fourth-order valence-electron chi connectivity index (χ4n) is 4.89. The van der Waals surface area contributed by atoms with E-state index in [-0.39, 0.29) is 36.4 Å². The number of hydrogen-bond acceptors (Lipinski definition) is 5. The first-order valence-electron chi connectivity index (χ1n) is 12.1. The number of carbonyl (C=O) groups is 2. The summed E-state index contributed by atoms with van der Waals surface area (Å²) in [6.45, 7) is 12.5. The van der Waals surface area contributed by atoms with Crippen LogP contribution in [-0.4, -0.2) is 50.1 Å². The Labute approximate surface area is 194 Å². The maximum Gasteiger partial charge on any atom is 0.407 e. The molecule has 1 saturated carbocycles. The predicted octanol–water partition coefficient (Wildman–Crippen LogP) is 4.21. The van der Waals surface area contributed by atoms with Gasteiger partial charge in [-0.1, -0.05) is 27.2 Å². The standard InChI is InChI=1S/C24H44N2O5S/c1-7-23(5,6)18-8-10-19(11-9-18)26-20(27)16-24(12-14-32(29,30)15-13-24)17-25-21(28)31-22(2,3)4/h18-19H,7-17H2,1-6H3,(H,25,28)(H,26,27). The van der Waals surface area contributed by atoms with Crippen molar-refractivity contribution in [3.8, 4) is 0 Å². The number of amides is 2. The molecule has 2 aliphatic rings. The fourth-order valence-corrected chi connectivity index (χ4v) is 6.58. The molecule has 8 heteroatoms. The fraction of sp³-hybridized carbons (Fsp3) is 0.917. The van der Waals surface area contributed by atoms with E-state index >= 15 is 0 Å². The van der Waals surface area contributed by atoms with Crippen molar-refractivity contribution in [2.24, 2.45) is 16.7 Å². The normalized spacial score (nSPS) is 25.6. The summed E-state index contributed by atoms with van der Waals surface area (Å²) in [4.78, 5) is 25.1. The van der Waals surface area contributed by atoms with Gasteiger partial charge in [0.25, 0.3) is 0 Å². The van der Waals surface area contributed by atoms with Gasteiger partial charge in [-0.05, 0) is 76.0 Å². The summed E-state index contributed by atoms with van der Waals surface area (Å²) in [7, 11) is -3.08. The van der Waals surface area contributed by atoms with E-state index in [2.05, 4.69) is 31.4 Å². The third-order valence-corrected chi connectivity index (χ3v) is 9.19. The third-order valence-electron chi connectivity index (χ3n) is 7.54. The lowest BCUT2D eigenvalue weighted by atomic mass is 9.69. The molecule has 32 heavy (non-hydrogen) atoms. The van der Waals surface area contributed by atoms with Crippen LogP contribution in [0.4, 0.5) is 4.79 Å². The zero-order valence-electron chi connectivity index (χ0n) is 20.9. The van der Waals surface area contributed by atoms with Crippen LogP contribution in [0.2, 0.25) is 0 Å². The van der Waals surface area contributed by atoms with Crippen molar-refractivity contribution in [1.29, 1.82) is 0 Å². The first kappa shape index (κ1) is 26.9. The summed E-state index contributed by atoms with van der Waals surface area (Å²) >= 11 is 0. The first-order chi connectivity index (χ1) is 14.7. The van der Waals surface area contributed by atoms with Crippen LogP contribution in [-0.2, 0) is 19.4 Å². The Kier molecular flexibility index (Phi) is 8.68. The third kappa shape index (κ3) is 8.23. The van der Waals surface area contributed by atoms with Gasteiger partial charge in [0.15, 0.2) is 0 Å². The van der Waals surface area contributed by atoms with Crippen LogP contribution in [0, 0.1) is 16.7 Å². The number of nitrogens with one attached hydrogen (secondary N) is 2. The minimum absolute atomic E-state index is 0.0477. The highest BCUT2D eigenvalue weighted by Gasteiger charge is 2.40. The zero-order valence-corrected chi connectivity index (χ0v) is 21.7. The molecule has 2 fully saturated rings. The van der Waals surface area contributed by atoms with Crippen molar-refractivity contribution < 1.29 is 22.7 Å².